The molecule has 2 heterocycles. The number of thiazole rings is 1. The van der Waals surface area contributed by atoms with Crippen molar-refractivity contribution >= 4 is 21.5 Å². The van der Waals surface area contributed by atoms with Crippen LogP contribution in [0.5, 0.6) is 0 Å². The van der Waals surface area contributed by atoms with E-state index in [0.29, 0.717) is 13.2 Å². The Kier molecular flexibility index (Phi) is 20.2. The molecule has 1 aromatic heterocycles. The third kappa shape index (κ3) is 18.3. The fraction of sp³-hybridized carbons (Fsp3) is 0.727. The molecule has 2 aromatic rings. The lowest BCUT2D eigenvalue weighted by Crippen LogP contribution is -2.30. The molecule has 2 atom stereocenters. The van der Waals surface area contributed by atoms with Crippen LogP contribution >= 0.6 is 11.3 Å². The van der Waals surface area contributed by atoms with Crippen LogP contribution in [0.25, 0.3) is 0 Å². The van der Waals surface area contributed by atoms with Crippen molar-refractivity contribution in [1.82, 2.24) is 0 Å². The maximum Gasteiger partial charge on any atom is 0.224 e. The first kappa shape index (κ1) is 36.8. The van der Waals surface area contributed by atoms with Gasteiger partial charge in [0.25, 0.3) is 0 Å². The van der Waals surface area contributed by atoms with Crippen molar-refractivity contribution in [3.8, 4) is 0 Å². The number of ether oxygens (including phenoxy) is 3. The lowest BCUT2D eigenvalue weighted by molar-refractivity contribution is -0.692. The van der Waals surface area contributed by atoms with Crippen LogP contribution in [0, 0.1) is 6.92 Å². The van der Waals surface area contributed by atoms with Crippen molar-refractivity contribution in [2.75, 3.05) is 19.8 Å². The zero-order chi connectivity index (χ0) is 30.3. The highest BCUT2D eigenvalue weighted by Gasteiger charge is 2.25. The Hall–Kier alpha value is -1.36. The van der Waals surface area contributed by atoms with Crippen molar-refractivity contribution in [1.29, 1.82) is 0 Å². The Morgan fingerprint density at radius 2 is 1.52 bits per heavy atom. The second-order valence-electron chi connectivity index (χ2n) is 11.4. The standard InChI is InChI=1S/C26H48NO3S.C7H8O3S/c1-2-3-4-5-6-7-8-9-10-11-12-13-14-17-26-29-23-25(30-26)22-28-20-16-15-18-27-19-21-31-24-27;1-6-2-4-7(5-3-6)11(8,9)10/h19,21,24-26H,2-18,20,22-23H2,1H3;2-5H,1H3,(H,8,9,10)/q+1;/p-1. The molecule has 1 fully saturated rings. The normalized spacial score (nSPS) is 16.8. The summed E-state index contributed by atoms with van der Waals surface area (Å²) in [6.45, 7) is 7.36. The zero-order valence-corrected chi connectivity index (χ0v) is 27.7. The molecular weight excluding hydrogens is 570 g/mol. The molecule has 1 aliphatic heterocycles. The molecule has 2 unspecified atom stereocenters. The van der Waals surface area contributed by atoms with E-state index in [1.165, 1.54) is 95.6 Å². The first-order valence-electron chi connectivity index (χ1n) is 16.2. The Morgan fingerprint density at radius 1 is 0.905 bits per heavy atom. The summed E-state index contributed by atoms with van der Waals surface area (Å²) in [5.41, 5.74) is 3.08. The van der Waals surface area contributed by atoms with Gasteiger partial charge in [0.15, 0.2) is 12.5 Å². The van der Waals surface area contributed by atoms with Gasteiger partial charge >= 0.3 is 0 Å². The van der Waals surface area contributed by atoms with E-state index in [1.54, 1.807) is 23.5 Å². The molecule has 0 bridgehead atoms. The summed E-state index contributed by atoms with van der Waals surface area (Å²) in [7, 11) is -4.27. The molecule has 0 N–H and O–H groups in total. The van der Waals surface area contributed by atoms with Gasteiger partial charge < -0.3 is 18.8 Å². The highest BCUT2D eigenvalue weighted by atomic mass is 32.2. The molecule has 0 aliphatic carbocycles. The molecule has 0 saturated carbocycles. The number of hydrogen-bond acceptors (Lipinski definition) is 7. The molecule has 1 saturated heterocycles. The van der Waals surface area contributed by atoms with Crippen LogP contribution in [0.1, 0.15) is 115 Å². The van der Waals surface area contributed by atoms with Crippen molar-refractivity contribution in [3.05, 3.63) is 46.9 Å². The Morgan fingerprint density at radius 3 is 2.10 bits per heavy atom. The summed E-state index contributed by atoms with van der Waals surface area (Å²) in [5.74, 6) is 0. The molecule has 0 radical (unpaired) electrons. The number of benzene rings is 1. The predicted octanol–water partition coefficient (Wildman–Crippen LogP) is 7.95. The van der Waals surface area contributed by atoms with E-state index < -0.39 is 10.1 Å². The molecule has 0 amide bonds. The van der Waals surface area contributed by atoms with Crippen molar-refractivity contribution in [2.24, 2.45) is 0 Å². The molecule has 1 aliphatic rings. The van der Waals surface area contributed by atoms with Gasteiger partial charge in [0.2, 0.25) is 5.51 Å². The number of aryl methyl sites for hydroxylation is 2. The second kappa shape index (κ2) is 23.1. The minimum atomic E-state index is -4.27. The highest BCUT2D eigenvalue weighted by Crippen LogP contribution is 2.19. The van der Waals surface area contributed by atoms with Gasteiger partial charge in [-0.25, -0.2) is 8.42 Å². The average molecular weight is 626 g/mol. The van der Waals surface area contributed by atoms with Crippen LogP contribution in [0.3, 0.4) is 0 Å². The second-order valence-corrected chi connectivity index (χ2v) is 13.5. The fourth-order valence-corrected chi connectivity index (χ4v) is 5.98. The van der Waals surface area contributed by atoms with E-state index in [9.17, 15) is 13.0 Å². The molecule has 1 aromatic carbocycles. The van der Waals surface area contributed by atoms with Crippen LogP contribution in [0.2, 0.25) is 0 Å². The van der Waals surface area contributed by atoms with E-state index in [-0.39, 0.29) is 17.3 Å². The quantitative estimate of drug-likeness (QED) is 0.0749. The largest absolute Gasteiger partial charge is 0.744 e. The summed E-state index contributed by atoms with van der Waals surface area (Å²) >= 11 is 1.74. The SMILES string of the molecule is CCCCCCCCCCCCCCCC1OCC(COCCCC[n+]2ccsc2)O1.Cc1ccc(S(=O)(=O)[O-])cc1. The lowest BCUT2D eigenvalue weighted by atomic mass is 10.0. The van der Waals surface area contributed by atoms with E-state index in [2.05, 4.69) is 28.6 Å². The first-order valence-corrected chi connectivity index (χ1v) is 18.5. The Labute approximate surface area is 259 Å². The van der Waals surface area contributed by atoms with Gasteiger partial charge in [-0.3, -0.25) is 0 Å². The van der Waals surface area contributed by atoms with Gasteiger partial charge in [-0.05, 0) is 38.3 Å². The van der Waals surface area contributed by atoms with Gasteiger partial charge in [-0.2, -0.15) is 4.57 Å². The summed E-state index contributed by atoms with van der Waals surface area (Å²) < 4.78 is 51.0. The number of hydrogen-bond donors (Lipinski definition) is 0. The average Bonchev–Trinajstić information content (AvgIpc) is 3.66. The number of rotatable bonds is 22. The summed E-state index contributed by atoms with van der Waals surface area (Å²) in [6.07, 6.45) is 23.6. The molecule has 42 heavy (non-hydrogen) atoms. The predicted molar refractivity (Wildman–Crippen MR) is 169 cm³/mol. The summed E-state index contributed by atoms with van der Waals surface area (Å²) in [5, 5.41) is 2.11. The van der Waals surface area contributed by atoms with E-state index >= 15 is 0 Å². The van der Waals surface area contributed by atoms with Crippen LogP contribution in [-0.4, -0.2) is 45.2 Å². The topological polar surface area (TPSA) is 88.8 Å². The minimum Gasteiger partial charge on any atom is -0.744 e. The minimum absolute atomic E-state index is 0.00343. The molecule has 0 spiro atoms. The van der Waals surface area contributed by atoms with Crippen LogP contribution in [0.15, 0.2) is 46.2 Å². The van der Waals surface area contributed by atoms with Crippen LogP contribution < -0.4 is 4.57 Å². The van der Waals surface area contributed by atoms with Gasteiger partial charge in [0, 0.05) is 13.0 Å². The number of aromatic nitrogens is 1. The van der Waals surface area contributed by atoms with Crippen molar-refractivity contribution in [3.63, 3.8) is 0 Å². The molecule has 9 heteroatoms. The lowest BCUT2D eigenvalue weighted by Gasteiger charge is -2.11. The first-order chi connectivity index (χ1) is 20.4. The summed E-state index contributed by atoms with van der Waals surface area (Å²) in [6, 6.07) is 5.78. The molecule has 7 nitrogen and oxygen atoms in total. The van der Waals surface area contributed by atoms with Gasteiger partial charge in [-0.15, -0.1) is 0 Å². The smallest absolute Gasteiger partial charge is 0.224 e. The molecular formula is C33H55NO6S2. The molecule has 3 rings (SSSR count). The third-order valence-electron chi connectivity index (χ3n) is 7.45. The summed E-state index contributed by atoms with van der Waals surface area (Å²) in [4.78, 5) is -0.178. The van der Waals surface area contributed by atoms with Crippen LogP contribution in [0.4, 0.5) is 0 Å². The monoisotopic (exact) mass is 625 g/mol. The third-order valence-corrected chi connectivity index (χ3v) is 8.97. The Bertz CT molecular complexity index is 998. The van der Waals surface area contributed by atoms with E-state index in [0.717, 1.165) is 38.0 Å². The maximum absolute atomic E-state index is 10.4. The van der Waals surface area contributed by atoms with Gasteiger partial charge in [0.05, 0.1) is 23.5 Å². The number of unbranched alkanes of at least 4 members (excludes halogenated alkanes) is 13. The zero-order valence-electron chi connectivity index (χ0n) is 26.1. The van der Waals surface area contributed by atoms with Crippen molar-refractivity contribution in [2.45, 2.75) is 140 Å². The molecule has 240 valence electrons. The maximum atomic E-state index is 10.4. The number of nitrogens with zero attached hydrogens (tertiary/aromatic N) is 1. The fourth-order valence-electron chi connectivity index (χ4n) is 4.88. The van der Waals surface area contributed by atoms with Gasteiger partial charge in [0.1, 0.15) is 22.8 Å². The van der Waals surface area contributed by atoms with Crippen LogP contribution in [-0.2, 0) is 30.9 Å². The van der Waals surface area contributed by atoms with Crippen molar-refractivity contribution < 1.29 is 31.7 Å². The van der Waals surface area contributed by atoms with Gasteiger partial charge in [-0.1, -0.05) is 113 Å². The van der Waals surface area contributed by atoms with E-state index in [4.69, 9.17) is 14.2 Å². The highest BCUT2D eigenvalue weighted by molar-refractivity contribution is 7.85. The Balaban J connectivity index is 0.000000468. The van der Waals surface area contributed by atoms with E-state index in [1.807, 2.05) is 6.92 Å².